The molecule has 2 aromatic rings. The Morgan fingerprint density at radius 2 is 2.09 bits per heavy atom. The van der Waals surface area contributed by atoms with E-state index in [0.717, 1.165) is 22.8 Å². The van der Waals surface area contributed by atoms with Gasteiger partial charge >= 0.3 is 0 Å². The van der Waals surface area contributed by atoms with E-state index >= 15 is 0 Å². The van der Waals surface area contributed by atoms with Crippen LogP contribution < -0.4 is 15.8 Å². The number of nitrogens with two attached hydrogens (primary N) is 1. The van der Waals surface area contributed by atoms with Gasteiger partial charge in [0.2, 0.25) is 5.91 Å². The minimum Gasteiger partial charge on any atom is -0.494 e. The van der Waals surface area contributed by atoms with E-state index in [1.165, 1.54) is 6.20 Å². The van der Waals surface area contributed by atoms with Crippen LogP contribution in [0.5, 0.6) is 5.75 Å². The molecule has 2 rings (SSSR count). The zero-order chi connectivity index (χ0) is 16.7. The smallest absolute Gasteiger partial charge is 0.264 e. The van der Waals surface area contributed by atoms with Crippen molar-refractivity contribution in [3.05, 3.63) is 40.9 Å². The number of aromatic nitrogens is 2. The molecule has 1 aromatic heterocycles. The molecule has 0 bridgehead atoms. The molecular formula is C15H18N4O3S. The summed E-state index contributed by atoms with van der Waals surface area (Å²) in [7, 11) is 0. The lowest BCUT2D eigenvalue weighted by molar-refractivity contribution is -0.121. The molecule has 122 valence electrons. The monoisotopic (exact) mass is 334 g/mol. The largest absolute Gasteiger partial charge is 0.494 e. The molecule has 7 nitrogen and oxygen atoms in total. The van der Waals surface area contributed by atoms with Crippen LogP contribution >= 0.6 is 11.5 Å². The van der Waals surface area contributed by atoms with Crippen LogP contribution in [-0.4, -0.2) is 34.6 Å². The summed E-state index contributed by atoms with van der Waals surface area (Å²) in [4.78, 5) is 23.8. The Kier molecular flexibility index (Phi) is 6.04. The van der Waals surface area contributed by atoms with Gasteiger partial charge in [-0.05, 0) is 42.6 Å². The van der Waals surface area contributed by atoms with Crippen LogP contribution in [-0.2, 0) is 11.2 Å². The maximum atomic E-state index is 11.9. The number of nitrogens with zero attached hydrogens (tertiary/aromatic N) is 2. The molecule has 3 N–H and O–H groups in total. The van der Waals surface area contributed by atoms with Crippen molar-refractivity contribution in [3.63, 3.8) is 0 Å². The molecule has 0 saturated carbocycles. The van der Waals surface area contributed by atoms with Crippen molar-refractivity contribution in [2.24, 2.45) is 11.7 Å². The lowest BCUT2D eigenvalue weighted by atomic mass is 9.98. The first-order chi connectivity index (χ1) is 11.1. The Hall–Kier alpha value is -2.48. The van der Waals surface area contributed by atoms with E-state index in [9.17, 15) is 9.59 Å². The minimum absolute atomic E-state index is 0.166. The molecule has 0 aliphatic rings. The average Bonchev–Trinajstić information content (AvgIpc) is 3.07. The van der Waals surface area contributed by atoms with Gasteiger partial charge in [-0.25, -0.2) is 0 Å². The highest BCUT2D eigenvalue weighted by atomic mass is 32.1. The fourth-order valence-electron chi connectivity index (χ4n) is 2.02. The molecule has 0 saturated heterocycles. The first-order valence-electron chi connectivity index (χ1n) is 7.16. The SMILES string of the molecule is CCOc1ccc(C[C@H](CNC(=O)c2cnns2)C(N)=O)cc1. The number of primary amides is 1. The van der Waals surface area contributed by atoms with Gasteiger partial charge < -0.3 is 15.8 Å². The molecule has 1 heterocycles. The number of carbonyl (C=O) groups excluding carboxylic acids is 2. The minimum atomic E-state index is -0.488. The summed E-state index contributed by atoms with van der Waals surface area (Å²) < 4.78 is 9.00. The molecule has 0 aliphatic carbocycles. The second kappa shape index (κ2) is 8.23. The molecule has 0 spiro atoms. The van der Waals surface area contributed by atoms with Crippen LogP contribution in [0.3, 0.4) is 0 Å². The maximum Gasteiger partial charge on any atom is 0.264 e. The molecule has 1 aromatic carbocycles. The number of ether oxygens (including phenoxy) is 1. The fourth-order valence-corrected chi connectivity index (χ4v) is 2.45. The van der Waals surface area contributed by atoms with Crippen LogP contribution in [0.1, 0.15) is 22.2 Å². The number of benzene rings is 1. The van der Waals surface area contributed by atoms with Gasteiger partial charge in [-0.3, -0.25) is 9.59 Å². The number of nitrogens with one attached hydrogen (secondary N) is 1. The zero-order valence-corrected chi connectivity index (χ0v) is 13.5. The summed E-state index contributed by atoms with van der Waals surface area (Å²) in [6.07, 6.45) is 1.83. The fraction of sp³-hybridized carbons (Fsp3) is 0.333. The first-order valence-corrected chi connectivity index (χ1v) is 7.94. The van der Waals surface area contributed by atoms with Gasteiger partial charge in [0.15, 0.2) is 0 Å². The normalized spacial score (nSPS) is 11.7. The van der Waals surface area contributed by atoms with Gasteiger partial charge in [0, 0.05) is 6.54 Å². The van der Waals surface area contributed by atoms with Gasteiger partial charge in [-0.1, -0.05) is 16.6 Å². The van der Waals surface area contributed by atoms with Crippen molar-refractivity contribution in [2.45, 2.75) is 13.3 Å². The van der Waals surface area contributed by atoms with Gasteiger partial charge in [0.25, 0.3) is 5.91 Å². The van der Waals surface area contributed by atoms with Crippen molar-refractivity contribution in [1.29, 1.82) is 0 Å². The highest BCUT2D eigenvalue weighted by Gasteiger charge is 2.18. The van der Waals surface area contributed by atoms with Crippen molar-refractivity contribution in [2.75, 3.05) is 13.2 Å². The van der Waals surface area contributed by atoms with Crippen molar-refractivity contribution in [3.8, 4) is 5.75 Å². The summed E-state index contributed by atoms with van der Waals surface area (Å²) in [5.74, 6) is -0.477. The summed E-state index contributed by atoms with van der Waals surface area (Å²) in [6.45, 7) is 2.68. The van der Waals surface area contributed by atoms with Crippen LogP contribution in [0, 0.1) is 5.92 Å². The van der Waals surface area contributed by atoms with E-state index in [1.807, 2.05) is 31.2 Å². The van der Waals surface area contributed by atoms with Gasteiger partial charge in [0.05, 0.1) is 18.7 Å². The Balaban J connectivity index is 1.93. The molecular weight excluding hydrogens is 316 g/mol. The van der Waals surface area contributed by atoms with Crippen LogP contribution in [0.25, 0.3) is 0 Å². The first kappa shape index (κ1) is 16.9. The van der Waals surface area contributed by atoms with Crippen LogP contribution in [0.2, 0.25) is 0 Å². The number of amides is 2. The summed E-state index contributed by atoms with van der Waals surface area (Å²) >= 11 is 0.998. The van der Waals surface area contributed by atoms with Gasteiger partial charge in [-0.2, -0.15) is 0 Å². The van der Waals surface area contributed by atoms with Gasteiger partial charge in [0.1, 0.15) is 10.6 Å². The Morgan fingerprint density at radius 1 is 1.35 bits per heavy atom. The molecule has 2 amide bonds. The lowest BCUT2D eigenvalue weighted by Crippen LogP contribution is -2.37. The maximum absolute atomic E-state index is 11.9. The Morgan fingerprint density at radius 3 is 2.65 bits per heavy atom. The predicted octanol–water partition coefficient (Wildman–Crippen LogP) is 1.01. The topological polar surface area (TPSA) is 107 Å². The summed E-state index contributed by atoms with van der Waals surface area (Å²) in [5.41, 5.74) is 6.38. The van der Waals surface area contributed by atoms with Crippen molar-refractivity contribution >= 4 is 23.3 Å². The molecule has 0 unspecified atom stereocenters. The van der Waals surface area contributed by atoms with E-state index in [2.05, 4.69) is 14.9 Å². The number of hydrogen-bond acceptors (Lipinski definition) is 6. The molecule has 23 heavy (non-hydrogen) atoms. The highest BCUT2D eigenvalue weighted by Crippen LogP contribution is 2.15. The van der Waals surface area contributed by atoms with E-state index in [-0.39, 0.29) is 12.5 Å². The Bertz CT molecular complexity index is 643. The van der Waals surface area contributed by atoms with Crippen LogP contribution in [0.15, 0.2) is 30.5 Å². The molecule has 0 aliphatic heterocycles. The predicted molar refractivity (Wildman–Crippen MR) is 86.2 cm³/mol. The lowest BCUT2D eigenvalue weighted by Gasteiger charge is -2.14. The number of rotatable bonds is 8. The second-order valence-corrected chi connectivity index (χ2v) is 5.66. The highest BCUT2D eigenvalue weighted by molar-refractivity contribution is 7.07. The number of hydrogen-bond donors (Lipinski definition) is 2. The van der Waals surface area contributed by atoms with Crippen molar-refractivity contribution < 1.29 is 14.3 Å². The number of carbonyl (C=O) groups is 2. The van der Waals surface area contributed by atoms with E-state index in [0.29, 0.717) is 17.9 Å². The van der Waals surface area contributed by atoms with E-state index in [4.69, 9.17) is 10.5 Å². The van der Waals surface area contributed by atoms with Crippen molar-refractivity contribution in [1.82, 2.24) is 14.9 Å². The molecule has 8 heteroatoms. The molecule has 0 radical (unpaired) electrons. The third-order valence-electron chi connectivity index (χ3n) is 3.21. The van der Waals surface area contributed by atoms with Gasteiger partial charge in [-0.15, -0.1) is 5.10 Å². The standard InChI is InChI=1S/C15H18N4O3S/c1-2-22-12-5-3-10(4-6-12)7-11(14(16)20)8-17-15(21)13-9-18-19-23-13/h3-6,9,11H,2,7-8H2,1H3,(H2,16,20)(H,17,21)/t11-/m1/s1. The van der Waals surface area contributed by atoms with Crippen LogP contribution in [0.4, 0.5) is 0 Å². The summed E-state index contributed by atoms with van der Waals surface area (Å²) in [6, 6.07) is 7.46. The summed E-state index contributed by atoms with van der Waals surface area (Å²) in [5, 5.41) is 6.29. The molecule has 0 fully saturated rings. The zero-order valence-electron chi connectivity index (χ0n) is 12.7. The quantitative estimate of drug-likeness (QED) is 0.749. The molecule has 1 atom stereocenters. The third kappa shape index (κ3) is 5.03. The van der Waals surface area contributed by atoms with E-state index in [1.54, 1.807) is 0 Å². The third-order valence-corrected chi connectivity index (χ3v) is 3.88. The second-order valence-electron chi connectivity index (χ2n) is 4.87. The van der Waals surface area contributed by atoms with E-state index < -0.39 is 11.8 Å². The Labute approximate surface area is 138 Å². The average molecular weight is 334 g/mol.